The van der Waals surface area contributed by atoms with E-state index >= 15 is 0 Å². The number of quaternary nitrogens is 1. The lowest BCUT2D eigenvalue weighted by Gasteiger charge is -2.45. The van der Waals surface area contributed by atoms with Gasteiger partial charge in [-0.1, -0.05) is 33.6 Å². The Labute approximate surface area is 97.5 Å². The van der Waals surface area contributed by atoms with E-state index in [1.54, 1.807) is 0 Å². The van der Waals surface area contributed by atoms with Gasteiger partial charge in [-0.25, -0.2) is 0 Å². The molecular weight excluding hydrogens is 182 g/mol. The van der Waals surface area contributed by atoms with E-state index in [0.717, 1.165) is 4.48 Å². The van der Waals surface area contributed by atoms with Gasteiger partial charge in [-0.05, 0) is 25.7 Å². The van der Waals surface area contributed by atoms with Crippen molar-refractivity contribution >= 4 is 0 Å². The summed E-state index contributed by atoms with van der Waals surface area (Å²) >= 11 is 0. The Bertz CT molecular complexity index is 184. The number of nitrogens with zero attached hydrogens (tertiary/aromatic N) is 1. The van der Waals surface area contributed by atoms with Gasteiger partial charge in [-0.3, -0.25) is 0 Å². The molecule has 0 saturated carbocycles. The first kappa shape index (κ1) is 15.0. The molecule has 0 aromatic carbocycles. The summed E-state index contributed by atoms with van der Waals surface area (Å²) in [7, 11) is 6.90. The summed E-state index contributed by atoms with van der Waals surface area (Å²) in [5, 5.41) is 0. The standard InChI is InChI=1S/C14H32N/c1-9-10-11-13(2,3)12-14(4,5)15(6,7)8/h9-12H2,1-8H3/q+1. The molecule has 0 N–H and O–H groups in total. The molecule has 0 aliphatic rings. The zero-order valence-corrected chi connectivity index (χ0v) is 12.3. The van der Waals surface area contributed by atoms with E-state index in [1.807, 2.05) is 0 Å². The van der Waals surface area contributed by atoms with Crippen LogP contribution in [0.15, 0.2) is 0 Å². The predicted molar refractivity (Wildman–Crippen MR) is 70.0 cm³/mol. The van der Waals surface area contributed by atoms with Gasteiger partial charge >= 0.3 is 0 Å². The Kier molecular flexibility index (Phi) is 4.85. The van der Waals surface area contributed by atoms with Crippen LogP contribution in [-0.2, 0) is 0 Å². The summed E-state index contributed by atoms with van der Waals surface area (Å²) in [6.07, 6.45) is 5.32. The van der Waals surface area contributed by atoms with Crippen molar-refractivity contribution in [2.24, 2.45) is 5.41 Å². The Morgan fingerprint density at radius 2 is 1.40 bits per heavy atom. The van der Waals surface area contributed by atoms with Crippen molar-refractivity contribution in [2.45, 2.75) is 65.8 Å². The Hall–Kier alpha value is -0.0400. The lowest BCUT2D eigenvalue weighted by molar-refractivity contribution is -0.921. The van der Waals surface area contributed by atoms with Crippen molar-refractivity contribution in [1.29, 1.82) is 0 Å². The van der Waals surface area contributed by atoms with Crippen molar-refractivity contribution in [3.8, 4) is 0 Å². The molecule has 0 aromatic rings. The van der Waals surface area contributed by atoms with Crippen LogP contribution in [0.3, 0.4) is 0 Å². The maximum absolute atomic E-state index is 2.42. The van der Waals surface area contributed by atoms with E-state index in [1.165, 1.54) is 25.7 Å². The maximum atomic E-state index is 2.42. The van der Waals surface area contributed by atoms with E-state index in [2.05, 4.69) is 55.8 Å². The lowest BCUT2D eigenvalue weighted by Crippen LogP contribution is -2.54. The van der Waals surface area contributed by atoms with Crippen molar-refractivity contribution in [3.63, 3.8) is 0 Å². The van der Waals surface area contributed by atoms with Gasteiger partial charge in [0.1, 0.15) is 0 Å². The summed E-state index contributed by atoms with van der Waals surface area (Å²) in [5.41, 5.74) is 0.836. The Morgan fingerprint density at radius 3 is 1.73 bits per heavy atom. The van der Waals surface area contributed by atoms with Gasteiger partial charge in [0, 0.05) is 6.42 Å². The van der Waals surface area contributed by atoms with E-state index in [9.17, 15) is 0 Å². The first-order chi connectivity index (χ1) is 6.52. The van der Waals surface area contributed by atoms with Crippen molar-refractivity contribution in [1.82, 2.24) is 0 Å². The number of hydrogen-bond donors (Lipinski definition) is 0. The van der Waals surface area contributed by atoms with Gasteiger partial charge < -0.3 is 4.48 Å². The average molecular weight is 214 g/mol. The molecule has 0 aliphatic heterocycles. The second kappa shape index (κ2) is 4.86. The summed E-state index contributed by atoms with van der Waals surface area (Å²) in [5.74, 6) is 0. The molecule has 92 valence electrons. The zero-order chi connectivity index (χ0) is 12.3. The largest absolute Gasteiger partial charge is 0.327 e. The van der Waals surface area contributed by atoms with Crippen LogP contribution in [0.1, 0.15) is 60.3 Å². The molecule has 15 heavy (non-hydrogen) atoms. The van der Waals surface area contributed by atoms with Gasteiger partial charge in [-0.15, -0.1) is 0 Å². The molecule has 0 amide bonds. The highest BCUT2D eigenvalue weighted by atomic mass is 15.3. The van der Waals surface area contributed by atoms with Gasteiger partial charge in [0.25, 0.3) is 0 Å². The lowest BCUT2D eigenvalue weighted by atomic mass is 9.75. The molecule has 0 saturated heterocycles. The first-order valence-corrected chi connectivity index (χ1v) is 6.33. The minimum atomic E-state index is 0.358. The second-order valence-electron chi connectivity index (χ2n) is 7.27. The molecule has 0 heterocycles. The normalized spacial score (nSPS) is 14.4. The minimum Gasteiger partial charge on any atom is -0.327 e. The van der Waals surface area contributed by atoms with Crippen LogP contribution in [0.25, 0.3) is 0 Å². The van der Waals surface area contributed by atoms with Crippen LogP contribution in [0.2, 0.25) is 0 Å². The van der Waals surface area contributed by atoms with Crippen LogP contribution in [0.4, 0.5) is 0 Å². The fourth-order valence-corrected chi connectivity index (χ4v) is 2.15. The van der Waals surface area contributed by atoms with E-state index in [0.29, 0.717) is 11.0 Å². The third-order valence-corrected chi connectivity index (χ3v) is 3.93. The minimum absolute atomic E-state index is 0.358. The average Bonchev–Trinajstić information content (AvgIpc) is 1.96. The fraction of sp³-hybridized carbons (Fsp3) is 1.00. The third kappa shape index (κ3) is 5.01. The highest BCUT2D eigenvalue weighted by molar-refractivity contribution is 4.80. The van der Waals surface area contributed by atoms with Crippen molar-refractivity contribution in [2.75, 3.05) is 21.1 Å². The van der Waals surface area contributed by atoms with Gasteiger partial charge in [-0.2, -0.15) is 0 Å². The molecule has 0 radical (unpaired) electrons. The van der Waals surface area contributed by atoms with Crippen LogP contribution in [0.5, 0.6) is 0 Å². The molecule has 0 fully saturated rings. The maximum Gasteiger partial charge on any atom is 0.0934 e. The SMILES string of the molecule is CCCCC(C)(C)CC(C)(C)[N+](C)(C)C. The molecular formula is C14H32N+. The fourth-order valence-electron chi connectivity index (χ4n) is 2.15. The quantitative estimate of drug-likeness (QED) is 0.585. The number of rotatable bonds is 6. The molecule has 0 bridgehead atoms. The van der Waals surface area contributed by atoms with Gasteiger partial charge in [0.15, 0.2) is 0 Å². The molecule has 0 aromatic heterocycles. The zero-order valence-electron chi connectivity index (χ0n) is 12.3. The molecule has 0 rings (SSSR count). The number of hydrogen-bond acceptors (Lipinski definition) is 0. The predicted octanol–water partition coefficient (Wildman–Crippen LogP) is 4.08. The summed E-state index contributed by atoms with van der Waals surface area (Å²) in [4.78, 5) is 0. The van der Waals surface area contributed by atoms with Crippen LogP contribution in [0, 0.1) is 5.41 Å². The molecule has 0 atom stereocenters. The Balaban J connectivity index is 4.43. The summed E-state index contributed by atoms with van der Waals surface area (Å²) in [6, 6.07) is 0. The highest BCUT2D eigenvalue weighted by Crippen LogP contribution is 2.36. The topological polar surface area (TPSA) is 0 Å². The van der Waals surface area contributed by atoms with Crippen LogP contribution >= 0.6 is 0 Å². The molecule has 0 unspecified atom stereocenters. The van der Waals surface area contributed by atoms with E-state index < -0.39 is 0 Å². The van der Waals surface area contributed by atoms with Crippen LogP contribution < -0.4 is 0 Å². The molecule has 1 heteroatoms. The number of unbranched alkanes of at least 4 members (excludes halogenated alkanes) is 1. The summed E-state index contributed by atoms with van der Waals surface area (Å²) in [6.45, 7) is 11.9. The second-order valence-corrected chi connectivity index (χ2v) is 7.27. The van der Waals surface area contributed by atoms with E-state index in [4.69, 9.17) is 0 Å². The van der Waals surface area contributed by atoms with Crippen molar-refractivity contribution < 1.29 is 4.48 Å². The molecule has 1 nitrogen and oxygen atoms in total. The van der Waals surface area contributed by atoms with Gasteiger partial charge in [0.2, 0.25) is 0 Å². The summed E-state index contributed by atoms with van der Waals surface area (Å²) < 4.78 is 1.04. The molecule has 0 spiro atoms. The molecule has 0 aliphatic carbocycles. The van der Waals surface area contributed by atoms with Crippen molar-refractivity contribution in [3.05, 3.63) is 0 Å². The highest BCUT2D eigenvalue weighted by Gasteiger charge is 2.37. The third-order valence-electron chi connectivity index (χ3n) is 3.93. The smallest absolute Gasteiger partial charge is 0.0934 e. The van der Waals surface area contributed by atoms with Crippen LogP contribution in [-0.4, -0.2) is 31.2 Å². The monoisotopic (exact) mass is 214 g/mol. The Morgan fingerprint density at radius 1 is 0.933 bits per heavy atom. The van der Waals surface area contributed by atoms with Gasteiger partial charge in [0.05, 0.1) is 26.7 Å². The first-order valence-electron chi connectivity index (χ1n) is 6.33. The van der Waals surface area contributed by atoms with E-state index in [-0.39, 0.29) is 0 Å².